The van der Waals surface area contributed by atoms with Crippen molar-refractivity contribution in [2.24, 2.45) is 4.99 Å². The number of halogens is 3. The average Bonchev–Trinajstić information content (AvgIpc) is 3.25. The third kappa shape index (κ3) is 6.18. The Kier molecular flexibility index (Phi) is 8.47. The lowest BCUT2D eigenvalue weighted by Gasteiger charge is -2.22. The van der Waals surface area contributed by atoms with Crippen molar-refractivity contribution >= 4 is 35.6 Å². The molecule has 10 heteroatoms. The standard InChI is InChI=1S/C19H25F2N5O2.HI/c1-12-13(2)27-17(24-12)10-23-19(22-3)25-14-8-9-26(11-14)15-6-4-5-7-16(15)28-18(20)21;/h4-7,14,18H,8-11H2,1-3H3,(H2,22,23,25);1H. The number of benzene rings is 1. The van der Waals surface area contributed by atoms with E-state index in [1.807, 2.05) is 24.8 Å². The first-order chi connectivity index (χ1) is 13.5. The zero-order valence-corrected chi connectivity index (χ0v) is 18.9. The lowest BCUT2D eigenvalue weighted by molar-refractivity contribution is -0.0495. The van der Waals surface area contributed by atoms with Gasteiger partial charge in [-0.25, -0.2) is 4.98 Å². The first-order valence-electron chi connectivity index (χ1n) is 9.15. The molecule has 1 aromatic heterocycles. The van der Waals surface area contributed by atoms with Crippen LogP contribution in [0.4, 0.5) is 14.5 Å². The quantitative estimate of drug-likeness (QED) is 0.345. The fourth-order valence-corrected chi connectivity index (χ4v) is 3.17. The summed E-state index contributed by atoms with van der Waals surface area (Å²) >= 11 is 0. The van der Waals surface area contributed by atoms with Crippen LogP contribution in [0.15, 0.2) is 33.7 Å². The number of guanidine groups is 1. The molecule has 160 valence electrons. The summed E-state index contributed by atoms with van der Waals surface area (Å²) in [5.41, 5.74) is 1.54. The Labute approximate surface area is 185 Å². The van der Waals surface area contributed by atoms with Crippen molar-refractivity contribution in [3.63, 3.8) is 0 Å². The number of aliphatic imine (C=N–C) groups is 1. The van der Waals surface area contributed by atoms with Gasteiger partial charge in [-0.2, -0.15) is 8.78 Å². The van der Waals surface area contributed by atoms with Gasteiger partial charge < -0.3 is 24.7 Å². The molecule has 2 heterocycles. The number of ether oxygens (including phenoxy) is 1. The molecule has 3 rings (SSSR count). The van der Waals surface area contributed by atoms with Gasteiger partial charge in [0.25, 0.3) is 0 Å². The van der Waals surface area contributed by atoms with Gasteiger partial charge in [-0.15, -0.1) is 24.0 Å². The summed E-state index contributed by atoms with van der Waals surface area (Å²) < 4.78 is 35.5. The molecule has 7 nitrogen and oxygen atoms in total. The van der Waals surface area contributed by atoms with Gasteiger partial charge in [0, 0.05) is 26.2 Å². The second-order valence-corrected chi connectivity index (χ2v) is 6.60. The first kappa shape index (κ1) is 23.2. The van der Waals surface area contributed by atoms with Gasteiger partial charge in [0.1, 0.15) is 11.5 Å². The number of nitrogens with one attached hydrogen (secondary N) is 2. The van der Waals surface area contributed by atoms with E-state index >= 15 is 0 Å². The maximum atomic E-state index is 12.6. The fourth-order valence-electron chi connectivity index (χ4n) is 3.17. The minimum Gasteiger partial charge on any atom is -0.444 e. The summed E-state index contributed by atoms with van der Waals surface area (Å²) in [6.07, 6.45) is 0.848. The molecule has 0 spiro atoms. The van der Waals surface area contributed by atoms with E-state index < -0.39 is 6.61 Å². The van der Waals surface area contributed by atoms with Crippen LogP contribution < -0.4 is 20.3 Å². The molecule has 0 radical (unpaired) electrons. The summed E-state index contributed by atoms with van der Waals surface area (Å²) in [6.45, 7) is 2.75. The van der Waals surface area contributed by atoms with Gasteiger partial charge in [-0.3, -0.25) is 4.99 Å². The SMILES string of the molecule is CN=C(NCc1nc(C)c(C)o1)NC1CCN(c2ccccc2OC(F)F)C1.I. The van der Waals surface area contributed by atoms with E-state index in [-0.39, 0.29) is 35.8 Å². The minimum atomic E-state index is -2.84. The van der Waals surface area contributed by atoms with E-state index in [1.54, 1.807) is 25.2 Å². The second kappa shape index (κ2) is 10.6. The number of anilines is 1. The second-order valence-electron chi connectivity index (χ2n) is 6.60. The summed E-state index contributed by atoms with van der Waals surface area (Å²) in [6, 6.07) is 6.97. The summed E-state index contributed by atoms with van der Waals surface area (Å²) in [4.78, 5) is 10.6. The van der Waals surface area contributed by atoms with Crippen molar-refractivity contribution in [2.45, 2.75) is 39.5 Å². The van der Waals surface area contributed by atoms with Crippen LogP contribution in [-0.4, -0.2) is 43.7 Å². The lowest BCUT2D eigenvalue weighted by Crippen LogP contribution is -2.44. The highest BCUT2D eigenvalue weighted by molar-refractivity contribution is 14.0. The predicted molar refractivity (Wildman–Crippen MR) is 118 cm³/mol. The van der Waals surface area contributed by atoms with Gasteiger partial charge >= 0.3 is 6.61 Å². The Morgan fingerprint density at radius 2 is 2.14 bits per heavy atom. The highest BCUT2D eigenvalue weighted by atomic mass is 127. The monoisotopic (exact) mass is 521 g/mol. The molecule has 29 heavy (non-hydrogen) atoms. The van der Waals surface area contributed by atoms with Crippen LogP contribution in [0.3, 0.4) is 0 Å². The number of alkyl halides is 2. The normalized spacial score (nSPS) is 16.7. The van der Waals surface area contributed by atoms with Crippen LogP contribution in [0.25, 0.3) is 0 Å². The number of rotatable bonds is 6. The van der Waals surface area contributed by atoms with Crippen molar-refractivity contribution in [3.8, 4) is 5.75 Å². The van der Waals surface area contributed by atoms with Gasteiger partial charge in [0.2, 0.25) is 5.89 Å². The van der Waals surface area contributed by atoms with Gasteiger partial charge in [-0.05, 0) is 32.4 Å². The summed E-state index contributed by atoms with van der Waals surface area (Å²) in [5, 5.41) is 6.54. The number of para-hydroxylation sites is 2. The molecular formula is C19H26F2IN5O2. The van der Waals surface area contributed by atoms with Crippen molar-refractivity contribution in [1.29, 1.82) is 0 Å². The number of hydrogen-bond donors (Lipinski definition) is 2. The highest BCUT2D eigenvalue weighted by Gasteiger charge is 2.26. The molecule has 1 aromatic carbocycles. The van der Waals surface area contributed by atoms with E-state index in [9.17, 15) is 8.78 Å². The third-order valence-corrected chi connectivity index (χ3v) is 4.65. The predicted octanol–water partition coefficient (Wildman–Crippen LogP) is 3.45. The molecule has 0 aliphatic carbocycles. The Hall–Kier alpha value is -2.11. The zero-order chi connectivity index (χ0) is 20.1. The van der Waals surface area contributed by atoms with E-state index in [0.29, 0.717) is 30.6 Å². The van der Waals surface area contributed by atoms with Crippen LogP contribution >= 0.6 is 24.0 Å². The average molecular weight is 521 g/mol. The number of aromatic nitrogens is 1. The highest BCUT2D eigenvalue weighted by Crippen LogP contribution is 2.31. The maximum Gasteiger partial charge on any atom is 0.387 e. The molecule has 2 aromatic rings. The van der Waals surface area contributed by atoms with Gasteiger partial charge in [0.05, 0.1) is 17.9 Å². The molecule has 1 aliphatic rings. The molecular weight excluding hydrogens is 495 g/mol. The molecule has 1 saturated heterocycles. The summed E-state index contributed by atoms with van der Waals surface area (Å²) in [7, 11) is 1.69. The molecule has 1 aliphatic heterocycles. The number of hydrogen-bond acceptors (Lipinski definition) is 5. The largest absolute Gasteiger partial charge is 0.444 e. The molecule has 2 N–H and O–H groups in total. The van der Waals surface area contributed by atoms with E-state index in [1.165, 1.54) is 0 Å². The van der Waals surface area contributed by atoms with Crippen LogP contribution in [0.2, 0.25) is 0 Å². The molecule has 1 fully saturated rings. The topological polar surface area (TPSA) is 74.9 Å². The van der Waals surface area contributed by atoms with Crippen molar-refractivity contribution in [3.05, 3.63) is 41.6 Å². The van der Waals surface area contributed by atoms with Crippen molar-refractivity contribution in [2.75, 3.05) is 25.0 Å². The van der Waals surface area contributed by atoms with E-state index in [4.69, 9.17) is 4.42 Å². The zero-order valence-electron chi connectivity index (χ0n) is 16.6. The first-order valence-corrected chi connectivity index (χ1v) is 9.15. The Morgan fingerprint density at radius 1 is 1.38 bits per heavy atom. The van der Waals surface area contributed by atoms with Crippen molar-refractivity contribution < 1.29 is 17.9 Å². The minimum absolute atomic E-state index is 0. The molecule has 0 saturated carbocycles. The van der Waals surface area contributed by atoms with Crippen molar-refractivity contribution in [1.82, 2.24) is 15.6 Å². The molecule has 1 unspecified atom stereocenters. The smallest absolute Gasteiger partial charge is 0.387 e. The molecule has 1 atom stereocenters. The number of oxazole rings is 1. The Bertz CT molecular complexity index is 811. The molecule has 0 amide bonds. The third-order valence-electron chi connectivity index (χ3n) is 4.65. The Balaban J connectivity index is 0.00000300. The lowest BCUT2D eigenvalue weighted by atomic mass is 10.2. The molecule has 0 bridgehead atoms. The van der Waals surface area contributed by atoms with Gasteiger partial charge in [0.15, 0.2) is 5.96 Å². The van der Waals surface area contributed by atoms with E-state index in [0.717, 1.165) is 24.4 Å². The van der Waals surface area contributed by atoms with E-state index in [2.05, 4.69) is 25.3 Å². The van der Waals surface area contributed by atoms with Crippen LogP contribution in [0, 0.1) is 13.8 Å². The van der Waals surface area contributed by atoms with Crippen LogP contribution in [-0.2, 0) is 6.54 Å². The summed E-state index contributed by atoms with van der Waals surface area (Å²) in [5.74, 6) is 2.23. The number of aryl methyl sites for hydroxylation is 2. The maximum absolute atomic E-state index is 12.6. The Morgan fingerprint density at radius 3 is 2.79 bits per heavy atom. The van der Waals surface area contributed by atoms with Gasteiger partial charge in [-0.1, -0.05) is 12.1 Å². The van der Waals surface area contributed by atoms with Crippen LogP contribution in [0.5, 0.6) is 5.75 Å². The van der Waals surface area contributed by atoms with Crippen LogP contribution in [0.1, 0.15) is 23.8 Å². The number of nitrogens with zero attached hydrogens (tertiary/aromatic N) is 3. The fraction of sp³-hybridized carbons (Fsp3) is 0.474.